The SMILES string of the molecule is CCC(Sc1ccc(C)cc1)C(=O)Nc1cc([N+](=O)[O-])ccc1C. The minimum Gasteiger partial charge on any atom is -0.325 e. The summed E-state index contributed by atoms with van der Waals surface area (Å²) in [5.74, 6) is -0.147. The van der Waals surface area contributed by atoms with E-state index < -0.39 is 4.92 Å². The highest BCUT2D eigenvalue weighted by atomic mass is 32.2. The fourth-order valence-electron chi connectivity index (χ4n) is 2.17. The van der Waals surface area contributed by atoms with Crippen molar-refractivity contribution >= 4 is 29.0 Å². The van der Waals surface area contributed by atoms with Gasteiger partial charge in [-0.3, -0.25) is 14.9 Å². The summed E-state index contributed by atoms with van der Waals surface area (Å²) in [7, 11) is 0. The number of aryl methyl sites for hydroxylation is 2. The maximum atomic E-state index is 12.5. The van der Waals surface area contributed by atoms with E-state index >= 15 is 0 Å². The number of benzene rings is 2. The van der Waals surface area contributed by atoms with E-state index in [0.717, 1.165) is 10.5 Å². The molecule has 5 nitrogen and oxygen atoms in total. The number of hydrogen-bond acceptors (Lipinski definition) is 4. The number of anilines is 1. The number of hydrogen-bond donors (Lipinski definition) is 1. The van der Waals surface area contributed by atoms with E-state index in [2.05, 4.69) is 5.32 Å². The normalized spacial score (nSPS) is 11.8. The molecule has 2 aromatic rings. The van der Waals surface area contributed by atoms with Gasteiger partial charge in [0.15, 0.2) is 0 Å². The minimum atomic E-state index is -0.465. The van der Waals surface area contributed by atoms with Gasteiger partial charge in [-0.25, -0.2) is 0 Å². The van der Waals surface area contributed by atoms with Crippen LogP contribution in [0.15, 0.2) is 47.4 Å². The summed E-state index contributed by atoms with van der Waals surface area (Å²) < 4.78 is 0. The van der Waals surface area contributed by atoms with E-state index in [1.54, 1.807) is 6.07 Å². The van der Waals surface area contributed by atoms with Crippen LogP contribution < -0.4 is 5.32 Å². The second-order valence-corrected chi connectivity index (χ2v) is 6.85. The van der Waals surface area contributed by atoms with E-state index in [0.29, 0.717) is 12.1 Å². The number of thioether (sulfide) groups is 1. The zero-order valence-corrected chi connectivity index (χ0v) is 14.7. The molecule has 0 aliphatic rings. The maximum Gasteiger partial charge on any atom is 0.271 e. The summed E-state index contributed by atoms with van der Waals surface area (Å²) in [5.41, 5.74) is 2.42. The van der Waals surface area contributed by atoms with Crippen molar-refractivity contribution in [2.24, 2.45) is 0 Å². The van der Waals surface area contributed by atoms with Gasteiger partial charge in [-0.15, -0.1) is 11.8 Å². The molecule has 2 aromatic carbocycles. The molecule has 126 valence electrons. The zero-order chi connectivity index (χ0) is 17.7. The van der Waals surface area contributed by atoms with Crippen molar-refractivity contribution in [1.29, 1.82) is 0 Å². The molecule has 2 rings (SSSR count). The van der Waals surface area contributed by atoms with Gasteiger partial charge in [-0.2, -0.15) is 0 Å². The predicted octanol–water partition coefficient (Wildman–Crippen LogP) is 4.72. The maximum absolute atomic E-state index is 12.5. The third kappa shape index (κ3) is 4.58. The lowest BCUT2D eigenvalue weighted by Crippen LogP contribution is -2.25. The van der Waals surface area contributed by atoms with Crippen LogP contribution in [0.1, 0.15) is 24.5 Å². The zero-order valence-electron chi connectivity index (χ0n) is 13.9. The smallest absolute Gasteiger partial charge is 0.271 e. The third-order valence-electron chi connectivity index (χ3n) is 3.65. The first kappa shape index (κ1) is 18.0. The number of amides is 1. The lowest BCUT2D eigenvalue weighted by molar-refractivity contribution is -0.384. The van der Waals surface area contributed by atoms with Crippen molar-refractivity contribution < 1.29 is 9.72 Å². The molecule has 0 aromatic heterocycles. The first-order chi connectivity index (χ1) is 11.4. The highest BCUT2D eigenvalue weighted by Crippen LogP contribution is 2.28. The molecule has 0 aliphatic heterocycles. The fraction of sp³-hybridized carbons (Fsp3) is 0.278. The van der Waals surface area contributed by atoms with Gasteiger partial charge in [-0.05, 0) is 38.0 Å². The van der Waals surface area contributed by atoms with Crippen molar-refractivity contribution in [2.45, 2.75) is 37.3 Å². The van der Waals surface area contributed by atoms with Gasteiger partial charge in [0.25, 0.3) is 5.69 Å². The molecule has 1 N–H and O–H groups in total. The van der Waals surface area contributed by atoms with Crippen LogP contribution >= 0.6 is 11.8 Å². The summed E-state index contributed by atoms with van der Waals surface area (Å²) in [6.07, 6.45) is 0.665. The highest BCUT2D eigenvalue weighted by Gasteiger charge is 2.19. The summed E-state index contributed by atoms with van der Waals surface area (Å²) in [6, 6.07) is 12.5. The Kier molecular flexibility index (Phi) is 5.98. The van der Waals surface area contributed by atoms with E-state index in [9.17, 15) is 14.9 Å². The topological polar surface area (TPSA) is 72.2 Å². The quantitative estimate of drug-likeness (QED) is 0.467. The van der Waals surface area contributed by atoms with Crippen LogP contribution in [-0.2, 0) is 4.79 Å². The van der Waals surface area contributed by atoms with Crippen molar-refractivity contribution in [1.82, 2.24) is 0 Å². The average molecular weight is 344 g/mol. The molecular formula is C18H20N2O3S. The lowest BCUT2D eigenvalue weighted by atomic mass is 10.1. The van der Waals surface area contributed by atoms with Crippen LogP contribution in [-0.4, -0.2) is 16.1 Å². The molecule has 0 aliphatic carbocycles. The standard InChI is InChI=1S/C18H20N2O3S/c1-4-17(24-15-9-5-12(2)6-10-15)18(21)19-16-11-14(20(22)23)8-7-13(16)3/h5-11,17H,4H2,1-3H3,(H,19,21). The molecule has 0 saturated carbocycles. The van der Waals surface area contributed by atoms with Gasteiger partial charge in [0.2, 0.25) is 5.91 Å². The Hall–Kier alpha value is -2.34. The van der Waals surface area contributed by atoms with E-state index in [-0.39, 0.29) is 16.8 Å². The molecule has 0 fully saturated rings. The Morgan fingerprint density at radius 2 is 1.88 bits per heavy atom. The van der Waals surface area contributed by atoms with Gasteiger partial charge in [0, 0.05) is 17.0 Å². The molecule has 0 heterocycles. The number of nitrogens with one attached hydrogen (secondary N) is 1. The Morgan fingerprint density at radius 3 is 2.46 bits per heavy atom. The van der Waals surface area contributed by atoms with Crippen molar-refractivity contribution in [2.75, 3.05) is 5.32 Å². The summed E-state index contributed by atoms with van der Waals surface area (Å²) in [4.78, 5) is 24.0. The van der Waals surface area contributed by atoms with Gasteiger partial charge in [0.05, 0.1) is 15.9 Å². The Labute approximate surface area is 145 Å². The molecule has 0 radical (unpaired) electrons. The van der Waals surface area contributed by atoms with Crippen LogP contribution in [0.25, 0.3) is 0 Å². The lowest BCUT2D eigenvalue weighted by Gasteiger charge is -2.16. The number of non-ortho nitro benzene ring substituents is 1. The van der Waals surface area contributed by atoms with Crippen LogP contribution in [0.4, 0.5) is 11.4 Å². The van der Waals surface area contributed by atoms with Crippen LogP contribution in [0, 0.1) is 24.0 Å². The average Bonchev–Trinajstić information content (AvgIpc) is 2.56. The Balaban J connectivity index is 2.13. The number of nitrogens with zero attached hydrogens (tertiary/aromatic N) is 1. The van der Waals surface area contributed by atoms with Crippen LogP contribution in [0.3, 0.4) is 0 Å². The number of carbonyl (C=O) groups excluding carboxylic acids is 1. The molecule has 0 saturated heterocycles. The summed E-state index contributed by atoms with van der Waals surface area (Å²) in [6.45, 7) is 5.78. The second-order valence-electron chi connectivity index (χ2n) is 5.57. The van der Waals surface area contributed by atoms with Gasteiger partial charge >= 0.3 is 0 Å². The van der Waals surface area contributed by atoms with E-state index in [1.807, 2.05) is 45.0 Å². The number of carbonyl (C=O) groups is 1. The molecule has 6 heteroatoms. The first-order valence-electron chi connectivity index (χ1n) is 7.70. The Bertz CT molecular complexity index is 744. The minimum absolute atomic E-state index is 0.0323. The van der Waals surface area contributed by atoms with Crippen molar-refractivity contribution in [3.8, 4) is 0 Å². The summed E-state index contributed by atoms with van der Waals surface area (Å²) in [5, 5.41) is 13.5. The van der Waals surface area contributed by atoms with Gasteiger partial charge in [-0.1, -0.05) is 30.7 Å². The highest BCUT2D eigenvalue weighted by molar-refractivity contribution is 8.00. The van der Waals surface area contributed by atoms with E-state index in [1.165, 1.54) is 29.5 Å². The van der Waals surface area contributed by atoms with Crippen LogP contribution in [0.2, 0.25) is 0 Å². The third-order valence-corrected chi connectivity index (χ3v) is 5.03. The van der Waals surface area contributed by atoms with Crippen molar-refractivity contribution in [3.63, 3.8) is 0 Å². The van der Waals surface area contributed by atoms with E-state index in [4.69, 9.17) is 0 Å². The predicted molar refractivity (Wildman–Crippen MR) is 97.6 cm³/mol. The fourth-order valence-corrected chi connectivity index (χ4v) is 3.13. The molecular weight excluding hydrogens is 324 g/mol. The largest absolute Gasteiger partial charge is 0.325 e. The summed E-state index contributed by atoms with van der Waals surface area (Å²) >= 11 is 1.50. The van der Waals surface area contributed by atoms with Crippen LogP contribution in [0.5, 0.6) is 0 Å². The number of nitro benzene ring substituents is 1. The molecule has 1 unspecified atom stereocenters. The Morgan fingerprint density at radius 1 is 1.21 bits per heavy atom. The molecule has 1 amide bonds. The molecule has 1 atom stereocenters. The second kappa shape index (κ2) is 7.97. The monoisotopic (exact) mass is 344 g/mol. The van der Waals surface area contributed by atoms with Gasteiger partial charge < -0.3 is 5.32 Å². The molecule has 0 spiro atoms. The number of nitro groups is 1. The van der Waals surface area contributed by atoms with Crippen molar-refractivity contribution in [3.05, 3.63) is 63.7 Å². The molecule has 24 heavy (non-hydrogen) atoms. The number of rotatable bonds is 6. The molecule has 0 bridgehead atoms. The first-order valence-corrected chi connectivity index (χ1v) is 8.58. The van der Waals surface area contributed by atoms with Gasteiger partial charge in [0.1, 0.15) is 0 Å².